The fourth-order valence-electron chi connectivity index (χ4n) is 10.6. The van der Waals surface area contributed by atoms with E-state index in [1.807, 2.05) is 112 Å². The Kier molecular flexibility index (Phi) is 17.5. The minimum Gasteiger partial charge on any atom is -0.338 e. The van der Waals surface area contributed by atoms with Crippen molar-refractivity contribution < 1.29 is 26.3 Å². The molecule has 16 heteroatoms. The number of hydrogen-bond acceptors (Lipinski definition) is 3. The lowest BCUT2D eigenvalue weighted by Gasteiger charge is -2.12. The second-order valence-electron chi connectivity index (χ2n) is 20.5. The highest BCUT2D eigenvalue weighted by Crippen LogP contribution is 2.36. The smallest absolute Gasteiger partial charge is 0.159 e. The van der Waals surface area contributed by atoms with E-state index in [-0.39, 0.29) is 0 Å². The molecule has 3 heterocycles. The van der Waals surface area contributed by atoms with E-state index >= 15 is 0 Å². The van der Waals surface area contributed by atoms with Crippen LogP contribution in [0, 0.1) is 34.9 Å². The van der Waals surface area contributed by atoms with Gasteiger partial charge in [-0.3, -0.25) is 0 Å². The van der Waals surface area contributed by atoms with Crippen LogP contribution in [0.4, 0.5) is 26.3 Å². The van der Waals surface area contributed by atoms with Gasteiger partial charge < -0.3 is 14.1 Å². The second kappa shape index (κ2) is 26.0. The van der Waals surface area contributed by atoms with Crippen LogP contribution in [0.1, 0.15) is 16.7 Å². The molecule has 0 atom stereocenters. The SMILES string of the molecule is Clc1ccc2nc(-c3cccc4ccccc34)[nH]c2c1.Fc1ccc(CBr)cc1F.Fc1ccc(Cn2c(-c3cccc4ccccc34)nc3cc(Cl)ccc32)cc1F.Fc1ccc(Cn2c(-c3cccc4ccccc34)nc3ccc(Cl)cc32)cc1F. The number of aromatic nitrogens is 6. The summed E-state index contributed by atoms with van der Waals surface area (Å²) in [6.07, 6.45) is 0. The molecule has 88 heavy (non-hydrogen) atoms. The number of aromatic amines is 1. The third kappa shape index (κ3) is 12.8. The highest BCUT2D eigenvalue weighted by Gasteiger charge is 2.19. The van der Waals surface area contributed by atoms with Gasteiger partial charge in [-0.05, 0) is 140 Å². The molecule has 0 aliphatic carbocycles. The quantitative estimate of drug-likeness (QED) is 0.122. The van der Waals surface area contributed by atoms with Gasteiger partial charge in [0.25, 0.3) is 0 Å². The fraction of sp³-hybridized carbons (Fsp3) is 0.0417. The Labute approximate surface area is 524 Å². The molecular weight excluding hydrogens is 1250 g/mol. The van der Waals surface area contributed by atoms with Crippen LogP contribution in [-0.2, 0) is 18.4 Å². The van der Waals surface area contributed by atoms with Crippen LogP contribution in [0.5, 0.6) is 0 Å². The van der Waals surface area contributed by atoms with Gasteiger partial charge in [-0.15, -0.1) is 0 Å². The molecule has 434 valence electrons. The Bertz CT molecular complexity index is 4990. The van der Waals surface area contributed by atoms with Crippen LogP contribution in [0.25, 0.3) is 99.6 Å². The van der Waals surface area contributed by atoms with Crippen LogP contribution in [0.3, 0.4) is 0 Å². The van der Waals surface area contributed by atoms with Crippen molar-refractivity contribution in [1.82, 2.24) is 29.1 Å². The van der Waals surface area contributed by atoms with E-state index in [0.29, 0.717) is 44.6 Å². The molecule has 0 saturated heterocycles. The number of halogens is 10. The third-order valence-electron chi connectivity index (χ3n) is 14.8. The number of H-pyrrole nitrogens is 1. The molecular formula is C72H46BrCl3F6N6. The third-order valence-corrected chi connectivity index (χ3v) is 16.1. The molecule has 0 saturated carbocycles. The predicted octanol–water partition coefficient (Wildman–Crippen LogP) is 21.6. The second-order valence-corrected chi connectivity index (χ2v) is 22.4. The Balaban J connectivity index is 0.000000121. The zero-order chi connectivity index (χ0) is 61.0. The molecule has 15 aromatic rings. The maximum Gasteiger partial charge on any atom is 0.159 e. The van der Waals surface area contributed by atoms with Crippen molar-refractivity contribution in [3.63, 3.8) is 0 Å². The molecule has 0 amide bonds. The molecule has 0 unspecified atom stereocenters. The molecule has 0 aliphatic rings. The first-order valence-corrected chi connectivity index (χ1v) is 29.8. The number of nitrogens with zero attached hydrogens (tertiary/aromatic N) is 5. The number of rotatable bonds is 8. The fourth-order valence-corrected chi connectivity index (χ4v) is 11.4. The molecule has 0 radical (unpaired) electrons. The first-order valence-electron chi connectivity index (χ1n) is 27.5. The average Bonchev–Trinajstić information content (AvgIpc) is 2.73. The predicted molar refractivity (Wildman–Crippen MR) is 349 cm³/mol. The van der Waals surface area contributed by atoms with E-state index < -0.39 is 34.9 Å². The minimum absolute atomic E-state index is 0.340. The minimum atomic E-state index is -0.864. The van der Waals surface area contributed by atoms with Crippen molar-refractivity contribution in [1.29, 1.82) is 0 Å². The zero-order valence-electron chi connectivity index (χ0n) is 46.2. The van der Waals surface area contributed by atoms with E-state index in [0.717, 1.165) is 113 Å². The van der Waals surface area contributed by atoms with Gasteiger partial charge in [0, 0.05) is 50.2 Å². The van der Waals surface area contributed by atoms with Crippen molar-refractivity contribution in [2.45, 2.75) is 18.4 Å². The van der Waals surface area contributed by atoms with Crippen molar-refractivity contribution in [2.75, 3.05) is 0 Å². The summed E-state index contributed by atoms with van der Waals surface area (Å²) in [7, 11) is 0. The topological polar surface area (TPSA) is 64.3 Å². The van der Waals surface area contributed by atoms with E-state index in [9.17, 15) is 26.3 Å². The molecule has 12 aromatic carbocycles. The zero-order valence-corrected chi connectivity index (χ0v) is 50.0. The summed E-state index contributed by atoms with van der Waals surface area (Å²) in [4.78, 5) is 17.7. The van der Waals surface area contributed by atoms with Crippen molar-refractivity contribution in [3.05, 3.63) is 303 Å². The van der Waals surface area contributed by atoms with E-state index in [1.165, 1.54) is 35.0 Å². The van der Waals surface area contributed by atoms with Crippen LogP contribution < -0.4 is 0 Å². The van der Waals surface area contributed by atoms with Gasteiger partial charge in [0.05, 0.1) is 33.1 Å². The Morgan fingerprint density at radius 2 is 0.773 bits per heavy atom. The lowest BCUT2D eigenvalue weighted by atomic mass is 10.0. The standard InChI is InChI=1S/2C24H15ClF2N2.C17H11ClN2.C7H5BrF2/c25-17-9-11-23-22(13-17)28-24(19-7-3-5-16-4-1-2-6-18(16)19)29(23)14-15-8-10-20(26)21(27)12-15;25-17-9-11-22-23(13-17)29(14-15-8-10-20(26)21(27)12-15)24(28-22)19-7-3-5-16-4-1-2-6-18(16)19;18-12-8-9-15-16(10-12)20-17(19-15)14-7-3-5-11-4-1-2-6-13(11)14;8-4-5-1-2-6(9)7(10)3-5/h2*1-13H,14H2;1-10H,(H,19,20);1-3H,4H2. The van der Waals surface area contributed by atoms with E-state index in [4.69, 9.17) is 44.8 Å². The van der Waals surface area contributed by atoms with Crippen LogP contribution >= 0.6 is 50.7 Å². The number of imidazole rings is 3. The van der Waals surface area contributed by atoms with Gasteiger partial charge in [0.2, 0.25) is 0 Å². The summed E-state index contributed by atoms with van der Waals surface area (Å²) < 4.78 is 83.0. The maximum atomic E-state index is 13.8. The lowest BCUT2D eigenvalue weighted by molar-refractivity contribution is 0.506. The molecule has 3 aromatic heterocycles. The van der Waals surface area contributed by atoms with Gasteiger partial charge in [0.15, 0.2) is 34.9 Å². The summed E-state index contributed by atoms with van der Waals surface area (Å²) in [6, 6.07) is 71.4. The molecule has 1 N–H and O–H groups in total. The summed E-state index contributed by atoms with van der Waals surface area (Å²) in [5.41, 5.74) is 10.2. The summed E-state index contributed by atoms with van der Waals surface area (Å²) in [6.45, 7) is 0.695. The Hall–Kier alpha value is -9.24. The van der Waals surface area contributed by atoms with Gasteiger partial charge in [-0.25, -0.2) is 41.3 Å². The number of hydrogen-bond donors (Lipinski definition) is 1. The van der Waals surface area contributed by atoms with Crippen LogP contribution in [-0.4, -0.2) is 29.1 Å². The van der Waals surface area contributed by atoms with Gasteiger partial charge >= 0.3 is 0 Å². The summed E-state index contributed by atoms with van der Waals surface area (Å²) >= 11 is 21.6. The summed E-state index contributed by atoms with van der Waals surface area (Å²) in [5.74, 6) is -2.65. The number of benzene rings is 12. The Morgan fingerprint density at radius 3 is 1.31 bits per heavy atom. The van der Waals surface area contributed by atoms with E-state index in [2.05, 4.69) is 92.6 Å². The molecule has 0 spiro atoms. The first-order chi connectivity index (χ1) is 42.7. The number of fused-ring (bicyclic) bond motifs is 6. The largest absolute Gasteiger partial charge is 0.338 e. The average molecular weight is 1300 g/mol. The lowest BCUT2D eigenvalue weighted by Crippen LogP contribution is -2.03. The number of nitrogens with one attached hydrogen (secondary N) is 1. The van der Waals surface area contributed by atoms with Gasteiger partial charge in [-0.1, -0.05) is 196 Å². The highest BCUT2D eigenvalue weighted by molar-refractivity contribution is 9.08. The van der Waals surface area contributed by atoms with Gasteiger partial charge in [0.1, 0.15) is 17.5 Å². The van der Waals surface area contributed by atoms with Gasteiger partial charge in [-0.2, -0.15) is 0 Å². The molecule has 0 fully saturated rings. The molecule has 6 nitrogen and oxygen atoms in total. The summed E-state index contributed by atoms with van der Waals surface area (Å²) in [5, 5.41) is 9.21. The van der Waals surface area contributed by atoms with Crippen LogP contribution in [0.2, 0.25) is 15.1 Å². The van der Waals surface area contributed by atoms with Crippen molar-refractivity contribution in [3.8, 4) is 34.2 Å². The monoisotopic (exact) mass is 1290 g/mol. The van der Waals surface area contributed by atoms with Crippen LogP contribution in [0.15, 0.2) is 237 Å². The molecule has 0 bridgehead atoms. The van der Waals surface area contributed by atoms with Crippen molar-refractivity contribution in [2.24, 2.45) is 0 Å². The highest BCUT2D eigenvalue weighted by atomic mass is 79.9. The normalized spacial score (nSPS) is 11.2. The molecule has 15 rings (SSSR count). The first kappa shape index (κ1) is 59.1. The van der Waals surface area contributed by atoms with E-state index in [1.54, 1.807) is 24.3 Å². The maximum absolute atomic E-state index is 13.8. The van der Waals surface area contributed by atoms with Crippen molar-refractivity contribution >= 4 is 116 Å². The molecule has 0 aliphatic heterocycles. The number of alkyl halides is 1. The Morgan fingerprint density at radius 1 is 0.352 bits per heavy atom.